The quantitative estimate of drug-likeness (QED) is 0.335. The van der Waals surface area contributed by atoms with E-state index in [1.807, 2.05) is 45.2 Å². The molecule has 5 nitrogen and oxygen atoms in total. The summed E-state index contributed by atoms with van der Waals surface area (Å²) in [6.07, 6.45) is 1.50. The van der Waals surface area contributed by atoms with Crippen LogP contribution in [-0.2, 0) is 4.79 Å². The minimum absolute atomic E-state index is 0.164. The molecule has 0 aliphatic carbocycles. The number of nitrogens with one attached hydrogen (secondary N) is 1. The van der Waals surface area contributed by atoms with Gasteiger partial charge in [0.25, 0.3) is 5.91 Å². The third-order valence-electron chi connectivity index (χ3n) is 2.61. The fourth-order valence-corrected chi connectivity index (χ4v) is 3.57. The van der Waals surface area contributed by atoms with Crippen LogP contribution in [0.2, 0.25) is 5.02 Å². The van der Waals surface area contributed by atoms with Crippen LogP contribution in [-0.4, -0.2) is 23.8 Å². The minimum Gasteiger partial charge on any atom is -0.506 e. The zero-order valence-electron chi connectivity index (χ0n) is 11.6. The molecule has 0 atom stereocenters. The first kappa shape index (κ1) is 18.3. The summed E-state index contributed by atoms with van der Waals surface area (Å²) in [7, 11) is 0. The molecule has 0 aromatic heterocycles. The second kappa shape index (κ2) is 8.69. The molecular weight excluding hydrogens is 545 g/mol. The van der Waals surface area contributed by atoms with Crippen LogP contribution in [0.25, 0.3) is 0 Å². The molecular formula is C15H11ClI2N2O3. The maximum absolute atomic E-state index is 11.7. The molecule has 120 valence electrons. The fraction of sp³-hybridized carbons (Fsp3) is 0.0667. The van der Waals surface area contributed by atoms with Crippen molar-refractivity contribution in [1.82, 2.24) is 5.43 Å². The van der Waals surface area contributed by atoms with E-state index in [2.05, 4.69) is 10.5 Å². The normalized spacial score (nSPS) is 10.7. The van der Waals surface area contributed by atoms with Crippen molar-refractivity contribution in [3.63, 3.8) is 0 Å². The number of carbonyl (C=O) groups is 1. The number of benzene rings is 2. The van der Waals surface area contributed by atoms with E-state index in [9.17, 15) is 9.90 Å². The van der Waals surface area contributed by atoms with Gasteiger partial charge in [0.15, 0.2) is 6.61 Å². The van der Waals surface area contributed by atoms with Gasteiger partial charge in [-0.05, 0) is 81.1 Å². The monoisotopic (exact) mass is 556 g/mol. The van der Waals surface area contributed by atoms with Gasteiger partial charge in [-0.1, -0.05) is 17.7 Å². The lowest BCUT2D eigenvalue weighted by atomic mass is 10.2. The smallest absolute Gasteiger partial charge is 0.277 e. The highest BCUT2D eigenvalue weighted by molar-refractivity contribution is 14.1. The lowest BCUT2D eigenvalue weighted by Crippen LogP contribution is -2.24. The molecule has 1 amide bonds. The predicted molar refractivity (Wildman–Crippen MR) is 106 cm³/mol. The van der Waals surface area contributed by atoms with E-state index < -0.39 is 0 Å². The molecule has 23 heavy (non-hydrogen) atoms. The molecule has 0 aliphatic rings. The Morgan fingerprint density at radius 1 is 1.30 bits per heavy atom. The summed E-state index contributed by atoms with van der Waals surface area (Å²) in [5.74, 6) is 0.367. The van der Waals surface area contributed by atoms with Gasteiger partial charge < -0.3 is 9.84 Å². The molecule has 0 heterocycles. The molecule has 0 spiro atoms. The number of nitrogens with zero attached hydrogens (tertiary/aromatic N) is 1. The number of ether oxygens (including phenoxy) is 1. The zero-order chi connectivity index (χ0) is 16.8. The van der Waals surface area contributed by atoms with Crippen molar-refractivity contribution < 1.29 is 14.6 Å². The van der Waals surface area contributed by atoms with Gasteiger partial charge in [-0.3, -0.25) is 4.79 Å². The summed E-state index contributed by atoms with van der Waals surface area (Å²) in [6.45, 7) is -0.164. The predicted octanol–water partition coefficient (Wildman–Crippen LogP) is 3.78. The number of hydrogen-bond acceptors (Lipinski definition) is 4. The van der Waals surface area contributed by atoms with Gasteiger partial charge >= 0.3 is 0 Å². The van der Waals surface area contributed by atoms with Gasteiger partial charge in [-0.2, -0.15) is 5.10 Å². The second-order valence-corrected chi connectivity index (χ2v) is 7.13. The van der Waals surface area contributed by atoms with Gasteiger partial charge in [0.1, 0.15) is 11.5 Å². The van der Waals surface area contributed by atoms with E-state index in [-0.39, 0.29) is 18.3 Å². The third kappa shape index (κ3) is 5.81. The lowest BCUT2D eigenvalue weighted by Gasteiger charge is -2.05. The van der Waals surface area contributed by atoms with E-state index >= 15 is 0 Å². The summed E-state index contributed by atoms with van der Waals surface area (Å²) in [5.41, 5.74) is 3.15. The standard InChI is InChI=1S/C15H11ClI2N2O3/c16-10-2-1-3-11(6-10)23-8-14(21)20-19-7-9-4-12(17)15(22)13(18)5-9/h1-7,22H,8H2,(H,20,21). The Morgan fingerprint density at radius 2 is 2.00 bits per heavy atom. The van der Waals surface area contributed by atoms with Gasteiger partial charge in [0, 0.05) is 5.02 Å². The first-order chi connectivity index (χ1) is 11.0. The molecule has 0 saturated carbocycles. The first-order valence-electron chi connectivity index (χ1n) is 6.34. The number of amides is 1. The maximum Gasteiger partial charge on any atom is 0.277 e. The number of phenols is 1. The van der Waals surface area contributed by atoms with Crippen molar-refractivity contribution in [2.45, 2.75) is 0 Å². The van der Waals surface area contributed by atoms with Crippen molar-refractivity contribution in [1.29, 1.82) is 0 Å². The Morgan fingerprint density at radius 3 is 2.65 bits per heavy atom. The van der Waals surface area contributed by atoms with Crippen molar-refractivity contribution >= 4 is 68.9 Å². The summed E-state index contributed by atoms with van der Waals surface area (Å²) < 4.78 is 6.73. The number of aromatic hydroxyl groups is 1. The molecule has 0 unspecified atom stereocenters. The van der Waals surface area contributed by atoms with Crippen molar-refractivity contribution in [2.24, 2.45) is 5.10 Å². The van der Waals surface area contributed by atoms with E-state index in [0.29, 0.717) is 17.9 Å². The van der Waals surface area contributed by atoms with E-state index in [1.165, 1.54) is 6.21 Å². The number of hydrazone groups is 1. The summed E-state index contributed by atoms with van der Waals surface area (Å²) in [5, 5.41) is 14.1. The molecule has 0 fully saturated rings. The molecule has 2 rings (SSSR count). The first-order valence-corrected chi connectivity index (χ1v) is 8.87. The average Bonchev–Trinajstić information content (AvgIpc) is 2.50. The van der Waals surface area contributed by atoms with Gasteiger partial charge in [0.05, 0.1) is 13.4 Å². The van der Waals surface area contributed by atoms with Gasteiger partial charge in [-0.25, -0.2) is 5.43 Å². The van der Waals surface area contributed by atoms with Crippen LogP contribution in [0.4, 0.5) is 0 Å². The highest BCUT2D eigenvalue weighted by Crippen LogP contribution is 2.26. The summed E-state index contributed by atoms with van der Waals surface area (Å²) in [4.78, 5) is 11.7. The number of rotatable bonds is 5. The van der Waals surface area contributed by atoms with E-state index in [1.54, 1.807) is 36.4 Å². The summed E-state index contributed by atoms with van der Waals surface area (Å²) in [6, 6.07) is 10.3. The molecule has 2 N–H and O–H groups in total. The molecule has 2 aromatic rings. The van der Waals surface area contributed by atoms with Crippen LogP contribution >= 0.6 is 56.8 Å². The van der Waals surface area contributed by atoms with Crippen LogP contribution in [0.3, 0.4) is 0 Å². The van der Waals surface area contributed by atoms with Gasteiger partial charge in [-0.15, -0.1) is 0 Å². The number of hydrogen-bond donors (Lipinski definition) is 2. The van der Waals surface area contributed by atoms with Crippen molar-refractivity contribution in [3.8, 4) is 11.5 Å². The van der Waals surface area contributed by atoms with Crippen LogP contribution < -0.4 is 10.2 Å². The second-order valence-electron chi connectivity index (χ2n) is 4.37. The Balaban J connectivity index is 1.86. The Hall–Kier alpha value is -1.07. The van der Waals surface area contributed by atoms with E-state index in [4.69, 9.17) is 16.3 Å². The Kier molecular flexibility index (Phi) is 6.90. The number of halogens is 3. The zero-order valence-corrected chi connectivity index (χ0v) is 16.7. The SMILES string of the molecule is O=C(COc1cccc(Cl)c1)NN=Cc1cc(I)c(O)c(I)c1. The average molecular weight is 557 g/mol. The molecule has 0 aliphatic heterocycles. The highest BCUT2D eigenvalue weighted by Gasteiger charge is 2.05. The topological polar surface area (TPSA) is 70.9 Å². The molecule has 0 radical (unpaired) electrons. The van der Waals surface area contributed by atoms with Crippen LogP contribution in [0, 0.1) is 7.14 Å². The van der Waals surface area contributed by atoms with E-state index in [0.717, 1.165) is 5.56 Å². The van der Waals surface area contributed by atoms with Crippen LogP contribution in [0.1, 0.15) is 5.56 Å². The Labute approximate surface area is 165 Å². The largest absolute Gasteiger partial charge is 0.506 e. The number of phenolic OH excluding ortho intramolecular Hbond substituents is 1. The maximum atomic E-state index is 11.7. The Bertz CT molecular complexity index is 730. The third-order valence-corrected chi connectivity index (χ3v) is 4.49. The minimum atomic E-state index is -0.385. The van der Waals surface area contributed by atoms with Crippen LogP contribution in [0.15, 0.2) is 41.5 Å². The van der Waals surface area contributed by atoms with Gasteiger partial charge in [0.2, 0.25) is 0 Å². The molecule has 2 aromatic carbocycles. The van der Waals surface area contributed by atoms with Crippen molar-refractivity contribution in [2.75, 3.05) is 6.61 Å². The van der Waals surface area contributed by atoms with Crippen molar-refractivity contribution in [3.05, 3.63) is 54.1 Å². The molecule has 8 heteroatoms. The lowest BCUT2D eigenvalue weighted by molar-refractivity contribution is -0.123. The number of carbonyl (C=O) groups excluding carboxylic acids is 1. The highest BCUT2D eigenvalue weighted by atomic mass is 127. The molecule has 0 saturated heterocycles. The summed E-state index contributed by atoms with van der Waals surface area (Å²) >= 11 is 9.88. The molecule has 0 bridgehead atoms. The fourth-order valence-electron chi connectivity index (χ4n) is 1.58. The van der Waals surface area contributed by atoms with Crippen LogP contribution in [0.5, 0.6) is 11.5 Å².